The molecular formula is C12H20N4O. The maximum Gasteiger partial charge on any atom is 0.151 e. The van der Waals surface area contributed by atoms with E-state index < -0.39 is 0 Å². The fraction of sp³-hybridized carbons (Fsp3) is 0.667. The fourth-order valence-electron chi connectivity index (χ4n) is 2.36. The van der Waals surface area contributed by atoms with E-state index in [9.17, 15) is 5.11 Å². The van der Waals surface area contributed by atoms with Gasteiger partial charge in [-0.25, -0.2) is 4.98 Å². The van der Waals surface area contributed by atoms with Crippen LogP contribution in [0.15, 0.2) is 12.4 Å². The molecule has 17 heavy (non-hydrogen) atoms. The van der Waals surface area contributed by atoms with Crippen molar-refractivity contribution >= 4 is 5.82 Å². The number of hydrogen-bond donors (Lipinski definition) is 2. The van der Waals surface area contributed by atoms with Crippen molar-refractivity contribution in [3.8, 4) is 0 Å². The van der Waals surface area contributed by atoms with Crippen molar-refractivity contribution in [1.29, 1.82) is 0 Å². The van der Waals surface area contributed by atoms with E-state index in [1.807, 2.05) is 6.92 Å². The van der Waals surface area contributed by atoms with Crippen LogP contribution in [-0.2, 0) is 6.54 Å². The molecule has 0 amide bonds. The Bertz CT molecular complexity index is 361. The Labute approximate surface area is 102 Å². The van der Waals surface area contributed by atoms with E-state index in [4.69, 9.17) is 5.73 Å². The standard InChI is InChI=1S/C12H20N4O/c1-9(17)10-2-6-16(7-3-10)12-11(8-13)14-4-5-15-12/h4-5,9-10,17H,2-3,6-8,13H2,1H3. The molecule has 2 rings (SSSR count). The number of aromatic nitrogens is 2. The minimum absolute atomic E-state index is 0.215. The molecule has 0 aromatic carbocycles. The van der Waals surface area contributed by atoms with Gasteiger partial charge in [0.05, 0.1) is 11.8 Å². The molecule has 1 aliphatic rings. The van der Waals surface area contributed by atoms with Crippen molar-refractivity contribution in [2.45, 2.75) is 32.4 Å². The predicted octanol–water partition coefficient (Wildman–Crippen LogP) is 0.533. The SMILES string of the molecule is CC(O)C1CCN(c2nccnc2CN)CC1. The minimum Gasteiger partial charge on any atom is -0.393 e. The number of nitrogens with zero attached hydrogens (tertiary/aromatic N) is 3. The van der Waals surface area contributed by atoms with Crippen LogP contribution < -0.4 is 10.6 Å². The summed E-state index contributed by atoms with van der Waals surface area (Å²) in [6.45, 7) is 4.12. The maximum absolute atomic E-state index is 9.57. The number of hydrogen-bond acceptors (Lipinski definition) is 5. The Balaban J connectivity index is 2.05. The van der Waals surface area contributed by atoms with Gasteiger partial charge in [-0.1, -0.05) is 0 Å². The Morgan fingerprint density at radius 1 is 1.41 bits per heavy atom. The van der Waals surface area contributed by atoms with Crippen LogP contribution >= 0.6 is 0 Å². The van der Waals surface area contributed by atoms with Gasteiger partial charge in [-0.15, -0.1) is 0 Å². The summed E-state index contributed by atoms with van der Waals surface area (Å²) < 4.78 is 0. The fourth-order valence-corrected chi connectivity index (χ4v) is 2.36. The van der Waals surface area contributed by atoms with Crippen molar-refractivity contribution in [3.05, 3.63) is 18.1 Å². The van der Waals surface area contributed by atoms with Crippen LogP contribution in [0.4, 0.5) is 5.82 Å². The van der Waals surface area contributed by atoms with Crippen molar-refractivity contribution in [1.82, 2.24) is 9.97 Å². The van der Waals surface area contributed by atoms with Gasteiger partial charge >= 0.3 is 0 Å². The number of piperidine rings is 1. The largest absolute Gasteiger partial charge is 0.393 e. The number of aliphatic hydroxyl groups is 1. The quantitative estimate of drug-likeness (QED) is 0.801. The van der Waals surface area contributed by atoms with Crippen molar-refractivity contribution in [3.63, 3.8) is 0 Å². The second-order valence-electron chi connectivity index (χ2n) is 4.60. The van der Waals surface area contributed by atoms with Crippen LogP contribution in [-0.4, -0.2) is 34.3 Å². The van der Waals surface area contributed by atoms with Gasteiger partial charge in [0.2, 0.25) is 0 Å². The summed E-state index contributed by atoms with van der Waals surface area (Å²) in [5.74, 6) is 1.31. The highest BCUT2D eigenvalue weighted by Gasteiger charge is 2.24. The summed E-state index contributed by atoms with van der Waals surface area (Å²) in [4.78, 5) is 10.8. The monoisotopic (exact) mass is 236 g/mol. The molecule has 1 fully saturated rings. The third kappa shape index (κ3) is 2.73. The first-order valence-corrected chi connectivity index (χ1v) is 6.15. The molecule has 2 heterocycles. The topological polar surface area (TPSA) is 75.3 Å². The summed E-state index contributed by atoms with van der Waals surface area (Å²) in [7, 11) is 0. The zero-order valence-electron chi connectivity index (χ0n) is 10.2. The number of anilines is 1. The molecule has 5 heteroatoms. The second-order valence-corrected chi connectivity index (χ2v) is 4.60. The van der Waals surface area contributed by atoms with E-state index in [2.05, 4.69) is 14.9 Å². The summed E-state index contributed by atoms with van der Waals surface area (Å²) in [5.41, 5.74) is 6.51. The van der Waals surface area contributed by atoms with Gasteiger partial charge in [-0.05, 0) is 25.7 Å². The number of nitrogens with two attached hydrogens (primary N) is 1. The van der Waals surface area contributed by atoms with Gasteiger partial charge < -0.3 is 15.7 Å². The highest BCUT2D eigenvalue weighted by atomic mass is 16.3. The lowest BCUT2D eigenvalue weighted by molar-refractivity contribution is 0.109. The van der Waals surface area contributed by atoms with Gasteiger partial charge in [-0.3, -0.25) is 4.98 Å². The molecule has 1 aliphatic heterocycles. The Morgan fingerprint density at radius 3 is 2.65 bits per heavy atom. The van der Waals surface area contributed by atoms with E-state index in [0.717, 1.165) is 37.4 Å². The lowest BCUT2D eigenvalue weighted by Crippen LogP contribution is -2.38. The summed E-state index contributed by atoms with van der Waals surface area (Å²) >= 11 is 0. The molecule has 1 saturated heterocycles. The summed E-state index contributed by atoms with van der Waals surface area (Å²) in [6.07, 6.45) is 5.16. The van der Waals surface area contributed by atoms with Crippen LogP contribution in [0.1, 0.15) is 25.5 Å². The average Bonchev–Trinajstić information content (AvgIpc) is 2.39. The van der Waals surface area contributed by atoms with Crippen molar-refractivity contribution < 1.29 is 5.11 Å². The minimum atomic E-state index is -0.215. The lowest BCUT2D eigenvalue weighted by Gasteiger charge is -2.34. The smallest absolute Gasteiger partial charge is 0.151 e. The van der Waals surface area contributed by atoms with Gasteiger partial charge in [0.1, 0.15) is 0 Å². The zero-order chi connectivity index (χ0) is 12.3. The highest BCUT2D eigenvalue weighted by molar-refractivity contribution is 5.43. The molecule has 0 saturated carbocycles. The normalized spacial score (nSPS) is 19.4. The third-order valence-corrected chi connectivity index (χ3v) is 3.47. The first-order chi connectivity index (χ1) is 8.22. The predicted molar refractivity (Wildman–Crippen MR) is 66.5 cm³/mol. The van der Waals surface area contributed by atoms with Crippen molar-refractivity contribution in [2.24, 2.45) is 11.7 Å². The summed E-state index contributed by atoms with van der Waals surface area (Å²) in [5, 5.41) is 9.57. The van der Waals surface area contributed by atoms with Crippen LogP contribution in [0.2, 0.25) is 0 Å². The maximum atomic E-state index is 9.57. The molecule has 0 aliphatic carbocycles. The van der Waals surface area contributed by atoms with Crippen LogP contribution in [0.3, 0.4) is 0 Å². The van der Waals surface area contributed by atoms with Crippen LogP contribution in [0.25, 0.3) is 0 Å². The number of aliphatic hydroxyl groups excluding tert-OH is 1. The van der Waals surface area contributed by atoms with Gasteiger partial charge in [0, 0.05) is 32.0 Å². The van der Waals surface area contributed by atoms with Gasteiger partial charge in [-0.2, -0.15) is 0 Å². The van der Waals surface area contributed by atoms with E-state index in [1.165, 1.54) is 0 Å². The first kappa shape index (κ1) is 12.3. The highest BCUT2D eigenvalue weighted by Crippen LogP contribution is 2.25. The molecule has 5 nitrogen and oxygen atoms in total. The Morgan fingerprint density at radius 2 is 2.06 bits per heavy atom. The van der Waals surface area contributed by atoms with E-state index in [0.29, 0.717) is 12.5 Å². The second kappa shape index (κ2) is 5.42. The molecule has 1 aromatic heterocycles. The molecular weight excluding hydrogens is 216 g/mol. The molecule has 1 atom stereocenters. The van der Waals surface area contributed by atoms with Crippen molar-refractivity contribution in [2.75, 3.05) is 18.0 Å². The van der Waals surface area contributed by atoms with Gasteiger partial charge in [0.15, 0.2) is 5.82 Å². The Kier molecular flexibility index (Phi) is 3.91. The molecule has 0 bridgehead atoms. The molecule has 3 N–H and O–H groups in total. The summed E-state index contributed by atoms with van der Waals surface area (Å²) in [6, 6.07) is 0. The lowest BCUT2D eigenvalue weighted by atomic mass is 9.92. The van der Waals surface area contributed by atoms with E-state index >= 15 is 0 Å². The third-order valence-electron chi connectivity index (χ3n) is 3.47. The Hall–Kier alpha value is -1.20. The first-order valence-electron chi connectivity index (χ1n) is 6.15. The van der Waals surface area contributed by atoms with Crippen LogP contribution in [0.5, 0.6) is 0 Å². The molecule has 0 radical (unpaired) electrons. The molecule has 1 aromatic rings. The number of rotatable bonds is 3. The van der Waals surface area contributed by atoms with Crippen LogP contribution in [0, 0.1) is 5.92 Å². The molecule has 94 valence electrons. The average molecular weight is 236 g/mol. The van der Waals surface area contributed by atoms with Gasteiger partial charge in [0.25, 0.3) is 0 Å². The zero-order valence-corrected chi connectivity index (χ0v) is 10.2. The van der Waals surface area contributed by atoms with E-state index in [-0.39, 0.29) is 6.10 Å². The van der Waals surface area contributed by atoms with E-state index in [1.54, 1.807) is 12.4 Å². The molecule has 0 spiro atoms. The molecule has 1 unspecified atom stereocenters.